The Hall–Kier alpha value is -1.04. The number of hydrogen-bond acceptors (Lipinski definition) is 3. The standard InChI is InChI=1S/C15H20F2N2O/c1-18-9-14-15(12-8-10(16)2-5-13(12)17)19(6-7-20-14)11-3-4-11/h2,5,8,11,14-15,18H,3-4,6-7,9H2,1H3. The van der Waals surface area contributed by atoms with Crippen LogP contribution >= 0.6 is 0 Å². The van der Waals surface area contributed by atoms with E-state index in [1.807, 2.05) is 7.05 Å². The van der Waals surface area contributed by atoms with Crippen LogP contribution in [-0.4, -0.2) is 43.8 Å². The largest absolute Gasteiger partial charge is 0.374 e. The van der Waals surface area contributed by atoms with E-state index < -0.39 is 5.82 Å². The van der Waals surface area contributed by atoms with Gasteiger partial charge in [-0.15, -0.1) is 0 Å². The van der Waals surface area contributed by atoms with E-state index in [0.717, 1.165) is 25.5 Å². The summed E-state index contributed by atoms with van der Waals surface area (Å²) in [4.78, 5) is 2.28. The van der Waals surface area contributed by atoms with E-state index in [9.17, 15) is 8.78 Å². The molecule has 1 aromatic carbocycles. The normalized spacial score (nSPS) is 27.8. The highest BCUT2D eigenvalue weighted by molar-refractivity contribution is 5.25. The Morgan fingerprint density at radius 2 is 2.15 bits per heavy atom. The zero-order valence-electron chi connectivity index (χ0n) is 11.6. The first-order valence-electron chi connectivity index (χ1n) is 7.17. The number of benzene rings is 1. The second-order valence-electron chi connectivity index (χ2n) is 5.55. The highest BCUT2D eigenvalue weighted by atomic mass is 19.1. The van der Waals surface area contributed by atoms with Gasteiger partial charge in [0.05, 0.1) is 18.8 Å². The number of morpholine rings is 1. The van der Waals surface area contributed by atoms with Crippen molar-refractivity contribution in [2.45, 2.75) is 31.0 Å². The Kier molecular flexibility index (Phi) is 4.01. The molecule has 1 heterocycles. The third kappa shape index (κ3) is 2.71. The van der Waals surface area contributed by atoms with Crippen LogP contribution in [0.4, 0.5) is 8.78 Å². The van der Waals surface area contributed by atoms with Crippen LogP contribution in [0.1, 0.15) is 24.4 Å². The van der Waals surface area contributed by atoms with Crippen molar-refractivity contribution in [3.63, 3.8) is 0 Å². The molecule has 1 saturated heterocycles. The molecule has 1 aliphatic heterocycles. The third-order valence-corrected chi connectivity index (χ3v) is 4.09. The van der Waals surface area contributed by atoms with E-state index >= 15 is 0 Å². The van der Waals surface area contributed by atoms with Crippen LogP contribution in [-0.2, 0) is 4.74 Å². The Balaban J connectivity index is 1.95. The summed E-state index contributed by atoms with van der Waals surface area (Å²) >= 11 is 0. The van der Waals surface area contributed by atoms with E-state index in [1.54, 1.807) is 0 Å². The van der Waals surface area contributed by atoms with E-state index in [-0.39, 0.29) is 18.0 Å². The van der Waals surface area contributed by atoms with Crippen LogP contribution in [0, 0.1) is 11.6 Å². The zero-order valence-corrected chi connectivity index (χ0v) is 11.6. The first-order valence-corrected chi connectivity index (χ1v) is 7.17. The second-order valence-corrected chi connectivity index (χ2v) is 5.55. The molecule has 2 fully saturated rings. The van der Waals surface area contributed by atoms with Crippen molar-refractivity contribution < 1.29 is 13.5 Å². The fourth-order valence-electron chi connectivity index (χ4n) is 3.06. The zero-order chi connectivity index (χ0) is 14.1. The smallest absolute Gasteiger partial charge is 0.128 e. The highest BCUT2D eigenvalue weighted by Crippen LogP contribution is 2.39. The fraction of sp³-hybridized carbons (Fsp3) is 0.600. The van der Waals surface area contributed by atoms with Gasteiger partial charge in [0.25, 0.3) is 0 Å². The summed E-state index contributed by atoms with van der Waals surface area (Å²) < 4.78 is 33.5. The minimum absolute atomic E-state index is 0.148. The molecule has 3 rings (SSSR count). The summed E-state index contributed by atoms with van der Waals surface area (Å²) in [6, 6.07) is 3.97. The van der Waals surface area contributed by atoms with Crippen LogP contribution in [0.3, 0.4) is 0 Å². The maximum Gasteiger partial charge on any atom is 0.128 e. The van der Waals surface area contributed by atoms with Crippen LogP contribution < -0.4 is 5.32 Å². The Labute approximate surface area is 117 Å². The number of nitrogens with one attached hydrogen (secondary N) is 1. The van der Waals surface area contributed by atoms with Gasteiger partial charge in [0.2, 0.25) is 0 Å². The minimum atomic E-state index is -0.397. The van der Waals surface area contributed by atoms with E-state index in [1.165, 1.54) is 12.1 Å². The number of likely N-dealkylation sites (N-methyl/N-ethyl adjacent to an activating group) is 1. The van der Waals surface area contributed by atoms with Crippen LogP contribution in [0.5, 0.6) is 0 Å². The summed E-state index contributed by atoms with van der Waals surface area (Å²) in [7, 11) is 1.85. The average Bonchev–Trinajstić information content (AvgIpc) is 3.26. The predicted octanol–water partition coefficient (Wildman–Crippen LogP) is 2.09. The first-order chi connectivity index (χ1) is 9.70. The molecular formula is C15H20F2N2O. The Morgan fingerprint density at radius 3 is 2.85 bits per heavy atom. The third-order valence-electron chi connectivity index (χ3n) is 4.09. The van der Waals surface area contributed by atoms with Gasteiger partial charge in [-0.05, 0) is 38.1 Å². The maximum absolute atomic E-state index is 14.2. The molecule has 0 bridgehead atoms. The van der Waals surface area contributed by atoms with Gasteiger partial charge >= 0.3 is 0 Å². The van der Waals surface area contributed by atoms with Gasteiger partial charge in [0.1, 0.15) is 11.6 Å². The molecule has 2 aliphatic rings. The number of halogens is 2. The van der Waals surface area contributed by atoms with Gasteiger partial charge in [-0.1, -0.05) is 0 Å². The Morgan fingerprint density at radius 1 is 1.35 bits per heavy atom. The van der Waals surface area contributed by atoms with Crippen molar-refractivity contribution in [2.24, 2.45) is 0 Å². The summed E-state index contributed by atoms with van der Waals surface area (Å²) in [5.41, 5.74) is 0.414. The molecule has 1 saturated carbocycles. The number of ether oxygens (including phenoxy) is 1. The first kappa shape index (κ1) is 13.9. The van der Waals surface area contributed by atoms with Crippen molar-refractivity contribution >= 4 is 0 Å². The molecule has 1 N–H and O–H groups in total. The Bertz CT molecular complexity index is 477. The SMILES string of the molecule is CNCC1OCCN(C2CC2)C1c1cc(F)ccc1F. The monoisotopic (exact) mass is 282 g/mol. The highest BCUT2D eigenvalue weighted by Gasteiger charge is 2.42. The van der Waals surface area contributed by atoms with E-state index in [0.29, 0.717) is 24.8 Å². The van der Waals surface area contributed by atoms with Gasteiger partial charge in [0.15, 0.2) is 0 Å². The fourth-order valence-corrected chi connectivity index (χ4v) is 3.06. The van der Waals surface area contributed by atoms with Crippen LogP contribution in [0.25, 0.3) is 0 Å². The summed E-state index contributed by atoms with van der Waals surface area (Å²) in [6.45, 7) is 2.06. The molecule has 20 heavy (non-hydrogen) atoms. The molecule has 1 aliphatic carbocycles. The van der Waals surface area contributed by atoms with Gasteiger partial charge in [0, 0.05) is 24.7 Å². The minimum Gasteiger partial charge on any atom is -0.374 e. The van der Waals surface area contributed by atoms with Crippen molar-refractivity contribution in [1.29, 1.82) is 0 Å². The lowest BCUT2D eigenvalue weighted by atomic mass is 9.96. The van der Waals surface area contributed by atoms with Crippen molar-refractivity contribution in [2.75, 3.05) is 26.7 Å². The molecule has 1 aromatic rings. The molecule has 0 amide bonds. The summed E-state index contributed by atoms with van der Waals surface area (Å²) in [5.74, 6) is -0.750. The van der Waals surface area contributed by atoms with Gasteiger partial charge in [-0.25, -0.2) is 8.78 Å². The molecule has 110 valence electrons. The molecule has 3 nitrogen and oxygen atoms in total. The molecule has 2 unspecified atom stereocenters. The van der Waals surface area contributed by atoms with Crippen molar-refractivity contribution in [3.8, 4) is 0 Å². The lowest BCUT2D eigenvalue weighted by Crippen LogP contribution is -2.49. The van der Waals surface area contributed by atoms with Crippen LogP contribution in [0.15, 0.2) is 18.2 Å². The quantitative estimate of drug-likeness (QED) is 0.915. The molecule has 5 heteroatoms. The molecule has 0 spiro atoms. The molecule has 2 atom stereocenters. The van der Waals surface area contributed by atoms with E-state index in [4.69, 9.17) is 4.74 Å². The molecular weight excluding hydrogens is 262 g/mol. The van der Waals surface area contributed by atoms with Crippen LogP contribution in [0.2, 0.25) is 0 Å². The number of nitrogens with zero attached hydrogens (tertiary/aromatic N) is 1. The number of rotatable bonds is 4. The maximum atomic E-state index is 14.2. The van der Waals surface area contributed by atoms with Gasteiger partial charge in [-0.2, -0.15) is 0 Å². The number of hydrogen-bond donors (Lipinski definition) is 1. The van der Waals surface area contributed by atoms with Crippen molar-refractivity contribution in [3.05, 3.63) is 35.4 Å². The van der Waals surface area contributed by atoms with Crippen molar-refractivity contribution in [1.82, 2.24) is 10.2 Å². The van der Waals surface area contributed by atoms with Gasteiger partial charge < -0.3 is 10.1 Å². The van der Waals surface area contributed by atoms with Gasteiger partial charge in [-0.3, -0.25) is 4.90 Å². The lowest BCUT2D eigenvalue weighted by Gasteiger charge is -2.42. The topological polar surface area (TPSA) is 24.5 Å². The average molecular weight is 282 g/mol. The van der Waals surface area contributed by atoms with E-state index in [2.05, 4.69) is 10.2 Å². The summed E-state index contributed by atoms with van der Waals surface area (Å²) in [5, 5.41) is 3.08. The molecule has 0 radical (unpaired) electrons. The predicted molar refractivity (Wildman–Crippen MR) is 72.5 cm³/mol. The summed E-state index contributed by atoms with van der Waals surface area (Å²) in [6.07, 6.45) is 2.13. The second kappa shape index (κ2) is 5.76. The lowest BCUT2D eigenvalue weighted by molar-refractivity contribution is -0.0750. The molecule has 0 aromatic heterocycles.